The van der Waals surface area contributed by atoms with Crippen molar-refractivity contribution in [3.05, 3.63) is 34.4 Å². The molecule has 0 heterocycles. The van der Waals surface area contributed by atoms with Crippen molar-refractivity contribution in [1.82, 2.24) is 0 Å². The Kier molecular flexibility index (Phi) is 4.68. The summed E-state index contributed by atoms with van der Waals surface area (Å²) < 4.78 is 26.3. The lowest BCUT2D eigenvalue weighted by molar-refractivity contribution is -0.137. The summed E-state index contributed by atoms with van der Waals surface area (Å²) in [5, 5.41) is 8.19. The predicted octanol–water partition coefficient (Wildman–Crippen LogP) is 3.42. The molecule has 0 spiro atoms. The highest BCUT2D eigenvalue weighted by atomic mass is 35.5. The van der Waals surface area contributed by atoms with Gasteiger partial charge in [-0.3, -0.25) is 4.79 Å². The van der Waals surface area contributed by atoms with Gasteiger partial charge in [-0.25, -0.2) is 8.78 Å². The van der Waals surface area contributed by atoms with Gasteiger partial charge < -0.3 is 5.11 Å². The molecule has 0 aromatic heterocycles. The molecule has 0 fully saturated rings. The average Bonchev–Trinajstić information content (AvgIpc) is 2.22. The summed E-state index contributed by atoms with van der Waals surface area (Å²) in [5.74, 6) is -2.11. The van der Waals surface area contributed by atoms with Crippen LogP contribution in [0.5, 0.6) is 0 Å². The molecule has 1 aromatic carbocycles. The summed E-state index contributed by atoms with van der Waals surface area (Å²) in [6.07, 6.45) is 1.15. The number of hydrogen-bond donors (Lipinski definition) is 1. The van der Waals surface area contributed by atoms with Crippen LogP contribution in [-0.2, 0) is 11.2 Å². The van der Waals surface area contributed by atoms with Gasteiger partial charge in [0.2, 0.25) is 0 Å². The Morgan fingerprint density at radius 2 is 1.88 bits per heavy atom. The van der Waals surface area contributed by atoms with E-state index in [0.717, 1.165) is 12.1 Å². The number of rotatable bonds is 5. The van der Waals surface area contributed by atoms with Crippen molar-refractivity contribution in [1.29, 1.82) is 0 Å². The van der Waals surface area contributed by atoms with Crippen LogP contribution in [0.25, 0.3) is 0 Å². The van der Waals surface area contributed by atoms with Crippen LogP contribution in [-0.4, -0.2) is 11.1 Å². The molecule has 0 amide bonds. The molecule has 0 bridgehead atoms. The second kappa shape index (κ2) is 5.80. The molecule has 0 saturated carbocycles. The lowest BCUT2D eigenvalue weighted by Crippen LogP contribution is -1.98. The largest absolute Gasteiger partial charge is 0.481 e. The third-order valence-corrected chi connectivity index (χ3v) is 2.61. The molecule has 0 radical (unpaired) electrons. The summed E-state index contributed by atoms with van der Waals surface area (Å²) in [6, 6.07) is 1.99. The van der Waals surface area contributed by atoms with Gasteiger partial charge in [-0.1, -0.05) is 11.6 Å². The average molecular weight is 249 g/mol. The van der Waals surface area contributed by atoms with E-state index in [1.54, 1.807) is 0 Å². The van der Waals surface area contributed by atoms with Crippen LogP contribution < -0.4 is 0 Å². The van der Waals surface area contributed by atoms with E-state index in [9.17, 15) is 13.6 Å². The maximum absolute atomic E-state index is 13.2. The Hall–Kier alpha value is -1.16. The summed E-state index contributed by atoms with van der Waals surface area (Å²) >= 11 is 5.61. The van der Waals surface area contributed by atoms with Crippen LogP contribution in [0, 0.1) is 11.6 Å². The molecule has 1 N–H and O–H groups in total. The van der Waals surface area contributed by atoms with E-state index in [1.807, 2.05) is 0 Å². The second-order valence-corrected chi connectivity index (χ2v) is 3.80. The van der Waals surface area contributed by atoms with Crippen molar-refractivity contribution in [3.8, 4) is 0 Å². The van der Waals surface area contributed by atoms with E-state index in [4.69, 9.17) is 16.7 Å². The second-order valence-electron chi connectivity index (χ2n) is 3.42. The molecular weight excluding hydrogens is 238 g/mol. The first kappa shape index (κ1) is 12.9. The van der Waals surface area contributed by atoms with Crippen LogP contribution in [0.1, 0.15) is 24.8 Å². The smallest absolute Gasteiger partial charge is 0.303 e. The zero-order chi connectivity index (χ0) is 12.1. The van der Waals surface area contributed by atoms with E-state index in [2.05, 4.69) is 0 Å². The number of carbonyl (C=O) groups is 1. The fourth-order valence-corrected chi connectivity index (χ4v) is 1.62. The van der Waals surface area contributed by atoms with Crippen molar-refractivity contribution in [3.63, 3.8) is 0 Å². The van der Waals surface area contributed by atoms with E-state index in [1.165, 1.54) is 0 Å². The standard InChI is InChI=1S/C11H11ClF2O2/c12-11-7(3-1-2-4-10(15)16)8(13)5-6-9(11)14/h5-6H,1-4H2,(H,15,16). The monoisotopic (exact) mass is 248 g/mol. The molecule has 0 aliphatic carbocycles. The Morgan fingerprint density at radius 1 is 1.25 bits per heavy atom. The maximum Gasteiger partial charge on any atom is 0.303 e. The molecule has 2 nitrogen and oxygen atoms in total. The first-order valence-electron chi connectivity index (χ1n) is 4.86. The normalized spacial score (nSPS) is 10.4. The molecule has 88 valence electrons. The van der Waals surface area contributed by atoms with Crippen molar-refractivity contribution >= 4 is 17.6 Å². The highest BCUT2D eigenvalue weighted by molar-refractivity contribution is 6.31. The number of carboxylic acid groups (broad SMARTS) is 1. The van der Waals surface area contributed by atoms with Crippen molar-refractivity contribution in [2.45, 2.75) is 25.7 Å². The van der Waals surface area contributed by atoms with E-state index < -0.39 is 17.6 Å². The lowest BCUT2D eigenvalue weighted by atomic mass is 10.1. The molecule has 1 rings (SSSR count). The van der Waals surface area contributed by atoms with Crippen molar-refractivity contribution < 1.29 is 18.7 Å². The maximum atomic E-state index is 13.2. The van der Waals surface area contributed by atoms with Gasteiger partial charge in [-0.2, -0.15) is 0 Å². The summed E-state index contributed by atoms with van der Waals surface area (Å²) in [6.45, 7) is 0. The number of benzene rings is 1. The predicted molar refractivity (Wildman–Crippen MR) is 56.6 cm³/mol. The third kappa shape index (κ3) is 3.45. The van der Waals surface area contributed by atoms with Gasteiger partial charge in [0.15, 0.2) is 0 Å². The fourth-order valence-electron chi connectivity index (χ4n) is 1.38. The first-order chi connectivity index (χ1) is 7.52. The topological polar surface area (TPSA) is 37.3 Å². The van der Waals surface area contributed by atoms with Gasteiger partial charge in [0.25, 0.3) is 0 Å². The van der Waals surface area contributed by atoms with E-state index >= 15 is 0 Å². The molecule has 0 unspecified atom stereocenters. The lowest BCUT2D eigenvalue weighted by Gasteiger charge is -2.06. The number of carboxylic acids is 1. The summed E-state index contributed by atoms with van der Waals surface area (Å²) in [7, 11) is 0. The number of halogens is 3. The van der Waals surface area contributed by atoms with Crippen molar-refractivity contribution in [2.24, 2.45) is 0 Å². The van der Waals surface area contributed by atoms with Crippen LogP contribution in [0.15, 0.2) is 12.1 Å². The quantitative estimate of drug-likeness (QED) is 0.640. The number of hydrogen-bond acceptors (Lipinski definition) is 1. The zero-order valence-corrected chi connectivity index (χ0v) is 9.23. The Labute approximate surface area is 96.8 Å². The molecule has 16 heavy (non-hydrogen) atoms. The van der Waals surface area contributed by atoms with Crippen LogP contribution >= 0.6 is 11.6 Å². The highest BCUT2D eigenvalue weighted by Crippen LogP contribution is 2.24. The van der Waals surface area contributed by atoms with Gasteiger partial charge in [-0.15, -0.1) is 0 Å². The fraction of sp³-hybridized carbons (Fsp3) is 0.364. The van der Waals surface area contributed by atoms with Crippen molar-refractivity contribution in [2.75, 3.05) is 0 Å². The van der Waals surface area contributed by atoms with Gasteiger partial charge in [0, 0.05) is 12.0 Å². The number of aliphatic carboxylic acids is 1. The molecule has 0 aliphatic rings. The summed E-state index contributed by atoms with van der Waals surface area (Å²) in [5.41, 5.74) is 0.118. The highest BCUT2D eigenvalue weighted by Gasteiger charge is 2.11. The van der Waals surface area contributed by atoms with Gasteiger partial charge in [0.1, 0.15) is 11.6 Å². The third-order valence-electron chi connectivity index (χ3n) is 2.21. The van der Waals surface area contributed by atoms with Crippen LogP contribution in [0.2, 0.25) is 5.02 Å². The SMILES string of the molecule is O=C(O)CCCCc1c(F)ccc(F)c1Cl. The molecular formula is C11H11ClF2O2. The van der Waals surface area contributed by atoms with Gasteiger partial charge in [0.05, 0.1) is 5.02 Å². The zero-order valence-electron chi connectivity index (χ0n) is 8.47. The Balaban J connectivity index is 2.60. The summed E-state index contributed by atoms with van der Waals surface area (Å²) in [4.78, 5) is 10.2. The Morgan fingerprint density at radius 3 is 2.50 bits per heavy atom. The van der Waals surface area contributed by atoms with E-state index in [-0.39, 0.29) is 23.4 Å². The molecule has 0 saturated heterocycles. The van der Waals surface area contributed by atoms with Gasteiger partial charge >= 0.3 is 5.97 Å². The van der Waals surface area contributed by atoms with Gasteiger partial charge in [-0.05, 0) is 31.4 Å². The molecule has 5 heteroatoms. The minimum absolute atomic E-state index is 0.0224. The van der Waals surface area contributed by atoms with Crippen LogP contribution in [0.3, 0.4) is 0 Å². The molecule has 1 aromatic rings. The Bertz CT molecular complexity index is 394. The number of unbranched alkanes of at least 4 members (excludes halogenated alkanes) is 1. The minimum Gasteiger partial charge on any atom is -0.481 e. The first-order valence-corrected chi connectivity index (χ1v) is 5.24. The minimum atomic E-state index is -0.897. The molecule has 0 aliphatic heterocycles. The van der Waals surface area contributed by atoms with E-state index in [0.29, 0.717) is 12.8 Å². The van der Waals surface area contributed by atoms with Crippen LogP contribution in [0.4, 0.5) is 8.78 Å². The molecule has 0 atom stereocenters.